The molecule has 7 nitrogen and oxygen atoms in total. The highest BCUT2D eigenvalue weighted by molar-refractivity contribution is 7.73. The molecule has 1 aliphatic heterocycles. The molecular formula is C13H15NO6P-. The third-order valence-corrected chi connectivity index (χ3v) is 4.11. The summed E-state index contributed by atoms with van der Waals surface area (Å²) in [5.74, 6) is 0. The van der Waals surface area contributed by atoms with Crippen molar-refractivity contribution < 1.29 is 29.0 Å². The highest BCUT2D eigenvalue weighted by Crippen LogP contribution is 2.40. The van der Waals surface area contributed by atoms with E-state index in [1.165, 1.54) is 0 Å². The zero-order valence-corrected chi connectivity index (χ0v) is 12.1. The smallest absolute Gasteiger partial charge is 0.410 e. The number of hydrogen-bond donors (Lipinski definition) is 1. The third kappa shape index (κ3) is 3.98. The standard InChI is InChI=1S/C13H16NO6P/c15-12(21(17,18)19)11-7-4-8-14(11)13(16)20-9-10-5-2-1-3-6-10/h1-3,5-6,11H,4,7-9H2,(H2,17,18,19)/p-1/t11-/m0/s1. The highest BCUT2D eigenvalue weighted by Gasteiger charge is 2.41. The van der Waals surface area contributed by atoms with Crippen molar-refractivity contribution in [3.63, 3.8) is 0 Å². The lowest BCUT2D eigenvalue weighted by Crippen LogP contribution is -2.45. The van der Waals surface area contributed by atoms with Gasteiger partial charge in [-0.25, -0.2) is 9.59 Å². The quantitative estimate of drug-likeness (QED) is 0.770. The number of ether oxygens (including phenoxy) is 1. The van der Waals surface area contributed by atoms with E-state index in [4.69, 9.17) is 9.63 Å². The summed E-state index contributed by atoms with van der Waals surface area (Å²) >= 11 is 0. The van der Waals surface area contributed by atoms with Crippen molar-refractivity contribution >= 4 is 19.6 Å². The van der Waals surface area contributed by atoms with Crippen LogP contribution in [0.4, 0.5) is 4.79 Å². The van der Waals surface area contributed by atoms with Gasteiger partial charge >= 0.3 is 11.6 Å². The van der Waals surface area contributed by atoms with E-state index < -0.39 is 25.6 Å². The fraction of sp³-hybridized carbons (Fsp3) is 0.385. The normalized spacial score (nSPS) is 18.6. The van der Waals surface area contributed by atoms with Gasteiger partial charge in [0.2, 0.25) is 0 Å². The van der Waals surface area contributed by atoms with Crippen molar-refractivity contribution in [2.45, 2.75) is 25.5 Å². The molecule has 1 aromatic rings. The molecule has 1 saturated heterocycles. The lowest BCUT2D eigenvalue weighted by atomic mass is 10.2. The first-order valence-corrected chi connectivity index (χ1v) is 8.03. The van der Waals surface area contributed by atoms with Crippen LogP contribution >= 0.6 is 7.94 Å². The van der Waals surface area contributed by atoms with Gasteiger partial charge in [0.1, 0.15) is 20.6 Å². The van der Waals surface area contributed by atoms with Gasteiger partial charge in [-0.2, -0.15) is 0 Å². The van der Waals surface area contributed by atoms with E-state index >= 15 is 0 Å². The van der Waals surface area contributed by atoms with E-state index in [1.54, 1.807) is 24.3 Å². The maximum absolute atomic E-state index is 11.9. The summed E-state index contributed by atoms with van der Waals surface area (Å²) in [6.07, 6.45) is -0.0775. The Morgan fingerprint density at radius 1 is 1.33 bits per heavy atom. The Bertz CT molecular complexity index is 515. The van der Waals surface area contributed by atoms with Gasteiger partial charge in [0.15, 0.2) is 0 Å². The van der Waals surface area contributed by atoms with E-state index in [2.05, 4.69) is 0 Å². The predicted molar refractivity (Wildman–Crippen MR) is 70.5 cm³/mol. The molecule has 1 heterocycles. The average molecular weight is 312 g/mol. The number of nitrogens with zero attached hydrogens (tertiary/aromatic N) is 1. The summed E-state index contributed by atoms with van der Waals surface area (Å²) in [5, 5.41) is 0. The number of carbonyl (C=O) groups excluding carboxylic acids is 2. The molecule has 8 heteroatoms. The average Bonchev–Trinajstić information content (AvgIpc) is 2.93. The maximum atomic E-state index is 11.9. The Morgan fingerprint density at radius 2 is 2.00 bits per heavy atom. The molecule has 21 heavy (non-hydrogen) atoms. The number of rotatable bonds is 4. The van der Waals surface area contributed by atoms with E-state index in [-0.39, 0.29) is 19.6 Å². The van der Waals surface area contributed by atoms with E-state index in [1.807, 2.05) is 6.07 Å². The summed E-state index contributed by atoms with van der Waals surface area (Å²) < 4.78 is 5.07. The van der Waals surface area contributed by atoms with Gasteiger partial charge in [-0.05, 0) is 18.4 Å². The Hall–Kier alpha value is -1.53. The monoisotopic (exact) mass is 312 g/mol. The summed E-state index contributed by atoms with van der Waals surface area (Å²) in [5.41, 5.74) is -0.554. The van der Waals surface area contributed by atoms with Crippen molar-refractivity contribution in [2.24, 2.45) is 0 Å². The molecular weight excluding hydrogens is 297 g/mol. The van der Waals surface area contributed by atoms with Crippen molar-refractivity contribution in [1.82, 2.24) is 4.90 Å². The van der Waals surface area contributed by atoms with E-state index in [9.17, 15) is 19.4 Å². The first-order chi connectivity index (χ1) is 9.89. The Kier molecular flexibility index (Phi) is 4.90. The van der Waals surface area contributed by atoms with Crippen LogP contribution in [-0.2, 0) is 16.1 Å². The number of likely N-dealkylation sites (tertiary alicyclic amines) is 1. The third-order valence-electron chi connectivity index (χ3n) is 3.26. The second-order valence-corrected chi connectivity index (χ2v) is 6.23. The summed E-state index contributed by atoms with van der Waals surface area (Å²) in [6, 6.07) is 7.81. The molecule has 0 bridgehead atoms. The van der Waals surface area contributed by atoms with Gasteiger partial charge in [-0.1, -0.05) is 30.3 Å². The fourth-order valence-corrected chi connectivity index (χ4v) is 2.88. The van der Waals surface area contributed by atoms with E-state index in [0.29, 0.717) is 6.42 Å². The molecule has 1 atom stereocenters. The van der Waals surface area contributed by atoms with Crippen molar-refractivity contribution in [1.29, 1.82) is 0 Å². The topological polar surface area (TPSA) is 113 Å². The van der Waals surface area contributed by atoms with Crippen LogP contribution in [0.5, 0.6) is 0 Å². The zero-order valence-electron chi connectivity index (χ0n) is 11.2. The number of amides is 1. The summed E-state index contributed by atoms with van der Waals surface area (Å²) in [6.45, 7) is 0.259. The first-order valence-electron chi connectivity index (χ1n) is 6.45. The van der Waals surface area contributed by atoms with Crippen molar-refractivity contribution in [2.75, 3.05) is 6.54 Å². The molecule has 0 aromatic heterocycles. The van der Waals surface area contributed by atoms with Crippen LogP contribution in [0.25, 0.3) is 0 Å². The molecule has 1 N–H and O–H groups in total. The molecule has 0 spiro atoms. The van der Waals surface area contributed by atoms with Crippen LogP contribution in [0.1, 0.15) is 18.4 Å². The molecule has 114 valence electrons. The largest absolute Gasteiger partial charge is 0.653 e. The first kappa shape index (κ1) is 15.9. The molecule has 0 saturated carbocycles. The predicted octanol–water partition coefficient (Wildman–Crippen LogP) is -0.210. The van der Waals surface area contributed by atoms with Crippen LogP contribution < -0.4 is 9.79 Å². The zero-order chi connectivity index (χ0) is 15.5. The van der Waals surface area contributed by atoms with Crippen LogP contribution in [-0.4, -0.2) is 34.0 Å². The maximum Gasteiger partial charge on any atom is 0.410 e. The van der Waals surface area contributed by atoms with Gasteiger partial charge in [0.25, 0.3) is 0 Å². The second kappa shape index (κ2) is 6.49. The Labute approximate surface area is 122 Å². The van der Waals surface area contributed by atoms with Crippen LogP contribution in [0.2, 0.25) is 0 Å². The van der Waals surface area contributed by atoms with Gasteiger partial charge < -0.3 is 14.5 Å². The van der Waals surface area contributed by atoms with Gasteiger partial charge in [0.05, 0.1) is 0 Å². The number of benzene rings is 1. The molecule has 1 aromatic carbocycles. The summed E-state index contributed by atoms with van der Waals surface area (Å²) in [4.78, 5) is 55.2. The Morgan fingerprint density at radius 3 is 2.62 bits per heavy atom. The summed E-state index contributed by atoms with van der Waals surface area (Å²) in [7, 11) is -5.10. The molecule has 2 rings (SSSR count). The molecule has 1 fully saturated rings. The van der Waals surface area contributed by atoms with Gasteiger partial charge in [-0.15, -0.1) is 0 Å². The molecule has 0 radical (unpaired) electrons. The van der Waals surface area contributed by atoms with Crippen molar-refractivity contribution in [3.05, 3.63) is 35.9 Å². The minimum absolute atomic E-state index is 0.0330. The lowest BCUT2D eigenvalue weighted by molar-refractivity contribution is -0.328. The van der Waals surface area contributed by atoms with Gasteiger partial charge in [-0.3, -0.25) is 9.79 Å². The highest BCUT2D eigenvalue weighted by atomic mass is 31.2. The second-order valence-electron chi connectivity index (χ2n) is 4.75. The molecule has 0 unspecified atom stereocenters. The Balaban J connectivity index is 1.96. The SMILES string of the molecule is O=C(OCc1ccccc1)N1CCC[C@H]1C(=O)[P+]([O-])([O-])O. The van der Waals surface area contributed by atoms with E-state index in [0.717, 1.165) is 10.5 Å². The lowest BCUT2D eigenvalue weighted by Gasteiger charge is -2.30. The van der Waals surface area contributed by atoms with Crippen LogP contribution in [0.3, 0.4) is 0 Å². The molecule has 1 aliphatic rings. The fourth-order valence-electron chi connectivity index (χ4n) is 2.23. The van der Waals surface area contributed by atoms with Crippen LogP contribution in [0, 0.1) is 0 Å². The van der Waals surface area contributed by atoms with Gasteiger partial charge in [0, 0.05) is 6.54 Å². The number of carbonyl (C=O) groups is 2. The van der Waals surface area contributed by atoms with Crippen LogP contribution in [0.15, 0.2) is 30.3 Å². The van der Waals surface area contributed by atoms with Crippen molar-refractivity contribution in [3.8, 4) is 0 Å². The minimum atomic E-state index is -5.10. The molecule has 1 amide bonds. The minimum Gasteiger partial charge on any atom is -0.653 e. The number of hydrogen-bond acceptors (Lipinski definition) is 6. The molecule has 0 aliphatic carbocycles.